The number of carbonyl (C=O) groups is 2. The monoisotopic (exact) mass is 354 g/mol. The third kappa shape index (κ3) is 4.86. The minimum absolute atomic E-state index is 0.0731. The molecule has 0 unspecified atom stereocenters. The summed E-state index contributed by atoms with van der Waals surface area (Å²) in [6.45, 7) is 3.96. The first-order valence-electron chi connectivity index (χ1n) is 8.43. The molecule has 0 atom stereocenters. The van der Waals surface area contributed by atoms with Crippen LogP contribution in [0.25, 0.3) is 0 Å². The van der Waals surface area contributed by atoms with Crippen LogP contribution in [0.4, 0.5) is 5.69 Å². The quantitative estimate of drug-likeness (QED) is 0.773. The highest BCUT2D eigenvalue weighted by Crippen LogP contribution is 2.23. The summed E-state index contributed by atoms with van der Waals surface area (Å²) >= 11 is 1.52. The first-order valence-corrected chi connectivity index (χ1v) is 9.41. The van der Waals surface area contributed by atoms with Crippen molar-refractivity contribution in [3.8, 4) is 0 Å². The van der Waals surface area contributed by atoms with E-state index in [4.69, 9.17) is 0 Å². The van der Waals surface area contributed by atoms with Crippen LogP contribution >= 0.6 is 11.8 Å². The molecule has 0 saturated heterocycles. The lowest BCUT2D eigenvalue weighted by Gasteiger charge is -2.11. The fourth-order valence-corrected chi connectivity index (χ4v) is 3.27. The molecule has 5 heteroatoms. The standard InChI is InChI=1S/C20H22N2O2S/c1-13-7-8-15(20(24)21-16-9-10-16)11-17(13)22-19(23)12-25-18-6-4-3-5-14(18)2/h3-8,11,16H,9-10,12H2,1-2H3,(H,21,24)(H,22,23). The Labute approximate surface area is 152 Å². The van der Waals surface area contributed by atoms with Gasteiger partial charge in [-0.05, 0) is 56.0 Å². The molecular formula is C20H22N2O2S. The zero-order valence-corrected chi connectivity index (χ0v) is 15.3. The number of amides is 2. The third-order valence-corrected chi connectivity index (χ3v) is 5.31. The van der Waals surface area contributed by atoms with E-state index >= 15 is 0 Å². The Morgan fingerprint density at radius 2 is 1.84 bits per heavy atom. The molecule has 25 heavy (non-hydrogen) atoms. The van der Waals surface area contributed by atoms with Crippen LogP contribution in [-0.2, 0) is 4.79 Å². The van der Waals surface area contributed by atoms with Crippen LogP contribution in [0.1, 0.15) is 34.3 Å². The van der Waals surface area contributed by atoms with Crippen molar-refractivity contribution in [3.63, 3.8) is 0 Å². The van der Waals surface area contributed by atoms with E-state index < -0.39 is 0 Å². The summed E-state index contributed by atoms with van der Waals surface area (Å²) < 4.78 is 0. The van der Waals surface area contributed by atoms with Gasteiger partial charge >= 0.3 is 0 Å². The highest BCUT2D eigenvalue weighted by atomic mass is 32.2. The maximum absolute atomic E-state index is 12.3. The van der Waals surface area contributed by atoms with Gasteiger partial charge in [0.05, 0.1) is 5.75 Å². The van der Waals surface area contributed by atoms with Crippen molar-refractivity contribution in [2.24, 2.45) is 0 Å². The molecule has 2 aromatic carbocycles. The normalized spacial score (nSPS) is 13.4. The molecule has 1 saturated carbocycles. The van der Waals surface area contributed by atoms with Gasteiger partial charge in [0, 0.05) is 22.2 Å². The maximum atomic E-state index is 12.3. The molecule has 0 radical (unpaired) electrons. The third-order valence-electron chi connectivity index (χ3n) is 4.14. The SMILES string of the molecule is Cc1ccc(C(=O)NC2CC2)cc1NC(=O)CSc1ccccc1C. The van der Waals surface area contributed by atoms with Gasteiger partial charge in [-0.25, -0.2) is 0 Å². The van der Waals surface area contributed by atoms with E-state index in [2.05, 4.69) is 10.6 Å². The van der Waals surface area contributed by atoms with Crippen LogP contribution in [0.15, 0.2) is 47.4 Å². The minimum atomic E-state index is -0.0766. The van der Waals surface area contributed by atoms with E-state index in [1.807, 2.05) is 44.2 Å². The summed E-state index contributed by atoms with van der Waals surface area (Å²) in [5.74, 6) is 0.186. The highest BCUT2D eigenvalue weighted by Gasteiger charge is 2.24. The van der Waals surface area contributed by atoms with E-state index in [-0.39, 0.29) is 11.8 Å². The predicted molar refractivity (Wildman–Crippen MR) is 102 cm³/mol. The van der Waals surface area contributed by atoms with Gasteiger partial charge in [-0.1, -0.05) is 24.3 Å². The molecule has 130 valence electrons. The lowest BCUT2D eigenvalue weighted by atomic mass is 10.1. The number of benzene rings is 2. The lowest BCUT2D eigenvalue weighted by molar-refractivity contribution is -0.113. The molecule has 2 amide bonds. The van der Waals surface area contributed by atoms with Gasteiger partial charge in [0.1, 0.15) is 0 Å². The van der Waals surface area contributed by atoms with Crippen molar-refractivity contribution in [2.45, 2.75) is 37.6 Å². The molecule has 0 bridgehead atoms. The van der Waals surface area contributed by atoms with Crippen molar-refractivity contribution >= 4 is 29.3 Å². The molecule has 0 aliphatic heterocycles. The fraction of sp³-hybridized carbons (Fsp3) is 0.300. The number of aryl methyl sites for hydroxylation is 2. The zero-order valence-electron chi connectivity index (χ0n) is 14.5. The first kappa shape index (κ1) is 17.5. The lowest BCUT2D eigenvalue weighted by Crippen LogP contribution is -2.25. The zero-order chi connectivity index (χ0) is 17.8. The van der Waals surface area contributed by atoms with Gasteiger partial charge in [0.2, 0.25) is 5.91 Å². The largest absolute Gasteiger partial charge is 0.349 e. The Kier molecular flexibility index (Phi) is 5.43. The van der Waals surface area contributed by atoms with E-state index in [1.54, 1.807) is 12.1 Å². The number of nitrogens with one attached hydrogen (secondary N) is 2. The molecule has 0 heterocycles. The smallest absolute Gasteiger partial charge is 0.251 e. The summed E-state index contributed by atoms with van der Waals surface area (Å²) in [5.41, 5.74) is 3.38. The average molecular weight is 354 g/mol. The van der Waals surface area contributed by atoms with Crippen molar-refractivity contribution in [1.29, 1.82) is 0 Å². The summed E-state index contributed by atoms with van der Waals surface area (Å²) in [6, 6.07) is 13.7. The molecule has 0 spiro atoms. The molecule has 1 aliphatic carbocycles. The second-order valence-corrected chi connectivity index (χ2v) is 7.40. The molecule has 0 aromatic heterocycles. The van der Waals surface area contributed by atoms with Gasteiger partial charge in [0.15, 0.2) is 0 Å². The average Bonchev–Trinajstić information content (AvgIpc) is 3.40. The van der Waals surface area contributed by atoms with Gasteiger partial charge in [-0.3, -0.25) is 9.59 Å². The molecule has 2 N–H and O–H groups in total. The number of carbonyl (C=O) groups excluding carboxylic acids is 2. The van der Waals surface area contributed by atoms with E-state index in [0.29, 0.717) is 23.0 Å². The Bertz CT molecular complexity index is 800. The van der Waals surface area contributed by atoms with Gasteiger partial charge in [-0.2, -0.15) is 0 Å². The number of thioether (sulfide) groups is 1. The second-order valence-electron chi connectivity index (χ2n) is 6.38. The second kappa shape index (κ2) is 7.74. The van der Waals surface area contributed by atoms with Crippen LogP contribution in [-0.4, -0.2) is 23.6 Å². The van der Waals surface area contributed by atoms with Crippen molar-refractivity contribution < 1.29 is 9.59 Å². The molecule has 1 fully saturated rings. The van der Waals surface area contributed by atoms with Gasteiger partial charge < -0.3 is 10.6 Å². The predicted octanol–water partition coefficient (Wildman–Crippen LogP) is 3.93. The van der Waals surface area contributed by atoms with Crippen LogP contribution < -0.4 is 10.6 Å². The van der Waals surface area contributed by atoms with Crippen molar-refractivity contribution in [1.82, 2.24) is 5.32 Å². The summed E-state index contributed by atoms with van der Waals surface area (Å²) in [4.78, 5) is 25.6. The molecule has 4 nitrogen and oxygen atoms in total. The van der Waals surface area contributed by atoms with Crippen molar-refractivity contribution in [3.05, 3.63) is 59.2 Å². The Morgan fingerprint density at radius 1 is 1.08 bits per heavy atom. The molecular weight excluding hydrogens is 332 g/mol. The topological polar surface area (TPSA) is 58.2 Å². The number of hydrogen-bond acceptors (Lipinski definition) is 3. The first-order chi connectivity index (χ1) is 12.0. The van der Waals surface area contributed by atoms with Crippen molar-refractivity contribution in [2.75, 3.05) is 11.1 Å². The van der Waals surface area contributed by atoms with E-state index in [1.165, 1.54) is 11.8 Å². The molecule has 2 aromatic rings. The Hall–Kier alpha value is -2.27. The van der Waals surface area contributed by atoms with Gasteiger partial charge in [-0.15, -0.1) is 11.8 Å². The molecule has 1 aliphatic rings. The van der Waals surface area contributed by atoms with Crippen LogP contribution in [0.5, 0.6) is 0 Å². The Morgan fingerprint density at radius 3 is 2.56 bits per heavy atom. The number of rotatable bonds is 6. The molecule has 3 rings (SSSR count). The number of hydrogen-bond donors (Lipinski definition) is 2. The van der Waals surface area contributed by atoms with Gasteiger partial charge in [0.25, 0.3) is 5.91 Å². The Balaban J connectivity index is 1.62. The van der Waals surface area contributed by atoms with Crippen LogP contribution in [0, 0.1) is 13.8 Å². The number of anilines is 1. The van der Waals surface area contributed by atoms with E-state index in [9.17, 15) is 9.59 Å². The fourth-order valence-electron chi connectivity index (χ4n) is 2.44. The highest BCUT2D eigenvalue weighted by molar-refractivity contribution is 8.00. The van der Waals surface area contributed by atoms with Crippen LogP contribution in [0.3, 0.4) is 0 Å². The summed E-state index contributed by atoms with van der Waals surface area (Å²) in [5, 5.41) is 5.89. The van der Waals surface area contributed by atoms with Crippen LogP contribution in [0.2, 0.25) is 0 Å². The van der Waals surface area contributed by atoms with E-state index in [0.717, 1.165) is 28.9 Å². The minimum Gasteiger partial charge on any atom is -0.349 e. The summed E-state index contributed by atoms with van der Waals surface area (Å²) in [6.07, 6.45) is 2.11. The maximum Gasteiger partial charge on any atom is 0.251 e. The summed E-state index contributed by atoms with van der Waals surface area (Å²) in [7, 11) is 0.